The number of carbonyl (C=O) groups is 5. The van der Waals surface area contributed by atoms with Gasteiger partial charge >= 0.3 is 18.0 Å². The van der Waals surface area contributed by atoms with Gasteiger partial charge in [0.15, 0.2) is 11.4 Å². The van der Waals surface area contributed by atoms with Crippen LogP contribution in [0.5, 0.6) is 0 Å². The van der Waals surface area contributed by atoms with E-state index < -0.39 is 41.5 Å². The average Bonchev–Trinajstić information content (AvgIpc) is 3.37. The SMILES string of the molecule is CCOC(=O)N1CCN(C(=O)C(CCC(=O)OC(C)(C)C)NC(=O)c2cc(C(=O)O)n(-c3ccccc3)n2)CC1. The smallest absolute Gasteiger partial charge is 0.409 e. The van der Waals surface area contributed by atoms with Gasteiger partial charge in [0.05, 0.1) is 12.3 Å². The molecule has 0 spiro atoms. The van der Waals surface area contributed by atoms with Crippen LogP contribution in [0.25, 0.3) is 5.69 Å². The summed E-state index contributed by atoms with van der Waals surface area (Å²) in [6, 6.07) is 8.45. The molecular weight excluding hydrogens is 522 g/mol. The fraction of sp³-hybridized carbons (Fsp3) is 0.481. The Hall–Kier alpha value is -4.42. The van der Waals surface area contributed by atoms with Crippen molar-refractivity contribution in [2.24, 2.45) is 0 Å². The number of nitrogens with one attached hydrogen (secondary N) is 1. The predicted octanol–water partition coefficient (Wildman–Crippen LogP) is 2.09. The van der Waals surface area contributed by atoms with Crippen LogP contribution >= 0.6 is 0 Å². The van der Waals surface area contributed by atoms with Gasteiger partial charge in [-0.3, -0.25) is 14.4 Å². The van der Waals surface area contributed by atoms with E-state index in [1.54, 1.807) is 58.0 Å². The molecule has 13 heteroatoms. The summed E-state index contributed by atoms with van der Waals surface area (Å²) in [4.78, 5) is 65.9. The number of benzene rings is 1. The van der Waals surface area contributed by atoms with Crippen LogP contribution in [0.2, 0.25) is 0 Å². The van der Waals surface area contributed by atoms with Gasteiger partial charge in [0.1, 0.15) is 11.6 Å². The Morgan fingerprint density at radius 3 is 2.23 bits per heavy atom. The number of hydrogen-bond acceptors (Lipinski definition) is 8. The quantitative estimate of drug-likeness (QED) is 0.440. The number of ether oxygens (including phenoxy) is 2. The largest absolute Gasteiger partial charge is 0.477 e. The number of hydrogen-bond donors (Lipinski definition) is 2. The number of para-hydroxylation sites is 1. The lowest BCUT2D eigenvalue weighted by atomic mass is 10.1. The molecule has 0 saturated carbocycles. The van der Waals surface area contributed by atoms with Crippen molar-refractivity contribution >= 4 is 29.8 Å². The lowest BCUT2D eigenvalue weighted by Crippen LogP contribution is -2.56. The van der Waals surface area contributed by atoms with Gasteiger partial charge in [0.2, 0.25) is 5.91 Å². The average molecular weight is 558 g/mol. The number of carboxylic acid groups (broad SMARTS) is 1. The summed E-state index contributed by atoms with van der Waals surface area (Å²) >= 11 is 0. The second kappa shape index (κ2) is 13.1. The topological polar surface area (TPSA) is 160 Å². The molecule has 2 aromatic rings. The van der Waals surface area contributed by atoms with Crippen molar-refractivity contribution in [1.29, 1.82) is 0 Å². The molecule has 0 aliphatic carbocycles. The summed E-state index contributed by atoms with van der Waals surface area (Å²) in [5.41, 5.74) is -0.719. The first-order chi connectivity index (χ1) is 18.9. The van der Waals surface area contributed by atoms with Gasteiger partial charge in [-0.15, -0.1) is 0 Å². The van der Waals surface area contributed by atoms with E-state index in [1.807, 2.05) is 0 Å². The van der Waals surface area contributed by atoms with E-state index in [4.69, 9.17) is 9.47 Å². The fourth-order valence-electron chi connectivity index (χ4n) is 4.10. The Kier molecular flexibility index (Phi) is 9.86. The third-order valence-electron chi connectivity index (χ3n) is 5.94. The molecule has 1 aliphatic heterocycles. The van der Waals surface area contributed by atoms with Crippen molar-refractivity contribution in [3.63, 3.8) is 0 Å². The molecule has 1 aliphatic rings. The Balaban J connectivity index is 1.78. The second-order valence-electron chi connectivity index (χ2n) is 10.1. The minimum Gasteiger partial charge on any atom is -0.477 e. The Bertz CT molecular complexity index is 1230. The monoisotopic (exact) mass is 557 g/mol. The lowest BCUT2D eigenvalue weighted by Gasteiger charge is -2.36. The van der Waals surface area contributed by atoms with Crippen LogP contribution in [-0.2, 0) is 19.1 Å². The van der Waals surface area contributed by atoms with Crippen LogP contribution in [0.3, 0.4) is 0 Å². The van der Waals surface area contributed by atoms with Gasteiger partial charge in [-0.1, -0.05) is 18.2 Å². The fourth-order valence-corrected chi connectivity index (χ4v) is 4.10. The molecule has 0 bridgehead atoms. The van der Waals surface area contributed by atoms with Crippen molar-refractivity contribution in [3.05, 3.63) is 47.8 Å². The maximum Gasteiger partial charge on any atom is 0.409 e. The molecular formula is C27H35N5O8. The Morgan fingerprint density at radius 1 is 1.02 bits per heavy atom. The number of piperazine rings is 1. The molecule has 1 atom stereocenters. The number of carbonyl (C=O) groups excluding carboxylic acids is 4. The highest BCUT2D eigenvalue weighted by molar-refractivity contribution is 5.98. The summed E-state index contributed by atoms with van der Waals surface area (Å²) in [6.45, 7) is 8.04. The molecule has 1 aromatic carbocycles. The molecule has 1 saturated heterocycles. The lowest BCUT2D eigenvalue weighted by molar-refractivity contribution is -0.155. The molecule has 1 unspecified atom stereocenters. The first kappa shape index (κ1) is 30.1. The first-order valence-corrected chi connectivity index (χ1v) is 13.0. The van der Waals surface area contributed by atoms with Crippen molar-refractivity contribution in [2.75, 3.05) is 32.8 Å². The molecule has 2 heterocycles. The maximum absolute atomic E-state index is 13.5. The zero-order chi connectivity index (χ0) is 29.4. The normalized spacial score (nSPS) is 14.3. The number of nitrogens with zero attached hydrogens (tertiary/aromatic N) is 4. The number of carboxylic acids is 1. The Morgan fingerprint density at radius 2 is 1.65 bits per heavy atom. The van der Waals surface area contributed by atoms with Crippen molar-refractivity contribution in [1.82, 2.24) is 24.9 Å². The zero-order valence-corrected chi connectivity index (χ0v) is 23.1. The van der Waals surface area contributed by atoms with Gasteiger partial charge < -0.3 is 29.7 Å². The number of amides is 3. The van der Waals surface area contributed by atoms with Gasteiger partial charge in [0.25, 0.3) is 5.91 Å². The summed E-state index contributed by atoms with van der Waals surface area (Å²) < 4.78 is 11.5. The zero-order valence-electron chi connectivity index (χ0n) is 23.1. The second-order valence-corrected chi connectivity index (χ2v) is 10.1. The Labute approximate surface area is 232 Å². The number of esters is 1. The molecule has 13 nitrogen and oxygen atoms in total. The van der Waals surface area contributed by atoms with Crippen LogP contribution in [0.15, 0.2) is 36.4 Å². The molecule has 3 rings (SSSR count). The standard InChI is InChI=1S/C27H35N5O8/c1-5-39-26(38)31-15-13-30(14-16-31)24(35)19(11-12-22(33)40-27(2,3)4)28-23(34)20-17-21(25(36)37)32(29-20)18-9-7-6-8-10-18/h6-10,17,19H,5,11-16H2,1-4H3,(H,28,34)(H,36,37). The number of rotatable bonds is 9. The van der Waals surface area contributed by atoms with Crippen LogP contribution < -0.4 is 5.32 Å². The van der Waals surface area contributed by atoms with E-state index in [2.05, 4.69) is 10.4 Å². The number of aromatic nitrogens is 2. The maximum atomic E-state index is 13.5. The van der Waals surface area contributed by atoms with E-state index in [9.17, 15) is 29.1 Å². The van der Waals surface area contributed by atoms with Crippen molar-refractivity contribution < 1.29 is 38.6 Å². The molecule has 2 N–H and O–H groups in total. The molecule has 1 fully saturated rings. The highest BCUT2D eigenvalue weighted by Crippen LogP contribution is 2.16. The molecule has 3 amide bonds. The summed E-state index contributed by atoms with van der Waals surface area (Å²) in [5.74, 6) is -3.04. The predicted molar refractivity (Wildman–Crippen MR) is 142 cm³/mol. The van der Waals surface area contributed by atoms with Gasteiger partial charge in [-0.2, -0.15) is 5.10 Å². The van der Waals surface area contributed by atoms with Gasteiger partial charge in [-0.05, 0) is 46.2 Å². The third kappa shape index (κ3) is 8.04. The van der Waals surface area contributed by atoms with Crippen LogP contribution in [-0.4, -0.2) is 99.0 Å². The minimum atomic E-state index is -1.28. The molecule has 0 radical (unpaired) electrons. The summed E-state index contributed by atoms with van der Waals surface area (Å²) in [7, 11) is 0. The van der Waals surface area contributed by atoms with Crippen LogP contribution in [0.1, 0.15) is 61.5 Å². The van der Waals surface area contributed by atoms with E-state index in [0.717, 1.165) is 10.7 Å². The van der Waals surface area contributed by atoms with E-state index in [1.165, 1.54) is 9.80 Å². The van der Waals surface area contributed by atoms with Crippen LogP contribution in [0.4, 0.5) is 4.79 Å². The van der Waals surface area contributed by atoms with E-state index >= 15 is 0 Å². The van der Waals surface area contributed by atoms with Gasteiger partial charge in [0, 0.05) is 38.7 Å². The number of aromatic carboxylic acids is 1. The summed E-state index contributed by atoms with van der Waals surface area (Å²) in [6.07, 6.45) is -0.661. The van der Waals surface area contributed by atoms with Gasteiger partial charge in [-0.25, -0.2) is 14.3 Å². The minimum absolute atomic E-state index is 0.0528. The van der Waals surface area contributed by atoms with E-state index in [-0.39, 0.29) is 57.0 Å². The highest BCUT2D eigenvalue weighted by atomic mass is 16.6. The van der Waals surface area contributed by atoms with E-state index in [0.29, 0.717) is 5.69 Å². The third-order valence-corrected chi connectivity index (χ3v) is 5.94. The molecule has 1 aromatic heterocycles. The summed E-state index contributed by atoms with van der Waals surface area (Å²) in [5, 5.41) is 16.4. The molecule has 40 heavy (non-hydrogen) atoms. The first-order valence-electron chi connectivity index (χ1n) is 13.0. The van der Waals surface area contributed by atoms with Crippen molar-refractivity contribution in [3.8, 4) is 5.69 Å². The molecule has 216 valence electrons. The van der Waals surface area contributed by atoms with Crippen molar-refractivity contribution in [2.45, 2.75) is 52.2 Å². The van der Waals surface area contributed by atoms with Crippen LogP contribution in [0, 0.1) is 0 Å². The highest BCUT2D eigenvalue weighted by Gasteiger charge is 2.32.